The van der Waals surface area contributed by atoms with Crippen molar-refractivity contribution in [3.8, 4) is 0 Å². The third kappa shape index (κ3) is 3.31. The van der Waals surface area contributed by atoms with Gasteiger partial charge in [-0.2, -0.15) is 0 Å². The number of esters is 1. The van der Waals surface area contributed by atoms with E-state index < -0.39 is 21.5 Å². The second-order valence-electron chi connectivity index (χ2n) is 6.59. The summed E-state index contributed by atoms with van der Waals surface area (Å²) in [6, 6.07) is 0. The van der Waals surface area contributed by atoms with Crippen molar-refractivity contribution < 1.29 is 14.3 Å². The second-order valence-corrected chi connectivity index (χ2v) is 8.38. The Labute approximate surface area is 119 Å². The average molecular weight is 297 g/mol. The van der Waals surface area contributed by atoms with E-state index in [0.717, 1.165) is 0 Å². The maximum atomic E-state index is 11.9. The molecule has 1 aliphatic rings. The van der Waals surface area contributed by atoms with Gasteiger partial charge in [0.1, 0.15) is 4.87 Å². The van der Waals surface area contributed by atoms with Gasteiger partial charge in [0.15, 0.2) is 0 Å². The lowest BCUT2D eigenvalue weighted by Crippen LogP contribution is -2.45. The fraction of sp³-hybridized carbons (Fsp3) is 0.923. The molecule has 1 fully saturated rings. The van der Waals surface area contributed by atoms with Gasteiger partial charge in [0.25, 0.3) is 0 Å². The molecule has 3 nitrogen and oxygen atoms in total. The van der Waals surface area contributed by atoms with Crippen LogP contribution in [0.2, 0.25) is 0 Å². The van der Waals surface area contributed by atoms with Crippen LogP contribution in [0.15, 0.2) is 0 Å². The van der Waals surface area contributed by atoms with E-state index in [-0.39, 0.29) is 11.9 Å². The van der Waals surface area contributed by atoms with Crippen LogP contribution in [0.5, 0.6) is 0 Å². The molecule has 3 unspecified atom stereocenters. The normalized spacial score (nSPS) is 33.6. The number of rotatable bonds is 2. The van der Waals surface area contributed by atoms with E-state index in [2.05, 4.69) is 0 Å². The van der Waals surface area contributed by atoms with Gasteiger partial charge >= 0.3 is 5.97 Å². The minimum atomic E-state index is -0.813. The van der Waals surface area contributed by atoms with Gasteiger partial charge in [-0.25, -0.2) is 0 Å². The number of carbonyl (C=O) groups excluding carboxylic acids is 1. The summed E-state index contributed by atoms with van der Waals surface area (Å²) in [6.07, 6.45) is -0.756. The van der Waals surface area contributed by atoms with Crippen LogP contribution in [-0.2, 0) is 14.3 Å². The largest absolute Gasteiger partial charge is 0.433 e. The zero-order chi connectivity index (χ0) is 14.4. The van der Waals surface area contributed by atoms with Crippen LogP contribution < -0.4 is 0 Å². The minimum absolute atomic E-state index is 0.0916. The van der Waals surface area contributed by atoms with E-state index in [9.17, 15) is 4.79 Å². The summed E-state index contributed by atoms with van der Waals surface area (Å²) in [6.45, 7) is 11.3. The van der Waals surface area contributed by atoms with Crippen molar-refractivity contribution in [3.05, 3.63) is 0 Å². The van der Waals surface area contributed by atoms with Crippen LogP contribution in [0.1, 0.15) is 41.5 Å². The summed E-state index contributed by atoms with van der Waals surface area (Å²) in [5.74, 6) is -0.418. The topological polar surface area (TPSA) is 35.5 Å². The molecular weight excluding hydrogens is 275 g/mol. The Morgan fingerprint density at radius 3 is 2.17 bits per heavy atom. The molecule has 5 heteroatoms. The highest BCUT2D eigenvalue weighted by atomic mass is 35.5. The molecule has 3 atom stereocenters. The first kappa shape index (κ1) is 16.1. The van der Waals surface area contributed by atoms with Crippen LogP contribution in [0.4, 0.5) is 0 Å². The van der Waals surface area contributed by atoms with Crippen LogP contribution in [-0.4, -0.2) is 28.6 Å². The van der Waals surface area contributed by atoms with Gasteiger partial charge in [0.05, 0.1) is 12.0 Å². The fourth-order valence-electron chi connectivity index (χ4n) is 1.97. The summed E-state index contributed by atoms with van der Waals surface area (Å²) >= 11 is 12.8. The lowest BCUT2D eigenvalue weighted by atomic mass is 9.85. The van der Waals surface area contributed by atoms with Crippen molar-refractivity contribution >= 4 is 29.2 Å². The van der Waals surface area contributed by atoms with Crippen molar-refractivity contribution in [3.63, 3.8) is 0 Å². The second kappa shape index (κ2) is 4.84. The summed E-state index contributed by atoms with van der Waals surface area (Å²) in [7, 11) is 0. The predicted octanol–water partition coefficient (Wildman–Crippen LogP) is 3.56. The summed E-state index contributed by atoms with van der Waals surface area (Å²) in [5, 5.41) is 0. The molecule has 18 heavy (non-hydrogen) atoms. The molecule has 0 radical (unpaired) electrons. The Morgan fingerprint density at radius 1 is 1.33 bits per heavy atom. The van der Waals surface area contributed by atoms with E-state index in [1.165, 1.54) is 0 Å². The first-order chi connectivity index (χ1) is 7.87. The van der Waals surface area contributed by atoms with Crippen molar-refractivity contribution in [2.45, 2.75) is 57.6 Å². The van der Waals surface area contributed by atoms with Crippen LogP contribution in [0.25, 0.3) is 0 Å². The number of hydrogen-bond acceptors (Lipinski definition) is 3. The standard InChI is InChI=1S/C13H22Cl2O3/c1-11(2,3)9(16)18-10-13(6,15)8(7-17-10)12(4,5)14/h8,10H,7H2,1-6H3. The highest BCUT2D eigenvalue weighted by Gasteiger charge is 2.54. The van der Waals surface area contributed by atoms with Gasteiger partial charge in [-0.05, 0) is 41.5 Å². The summed E-state index contributed by atoms with van der Waals surface area (Å²) in [5.41, 5.74) is -0.578. The third-order valence-electron chi connectivity index (χ3n) is 3.21. The molecule has 0 spiro atoms. The molecule has 1 heterocycles. The van der Waals surface area contributed by atoms with Gasteiger partial charge in [0, 0.05) is 10.8 Å². The average Bonchev–Trinajstić information content (AvgIpc) is 2.39. The molecule has 1 aliphatic heterocycles. The molecule has 0 aromatic heterocycles. The van der Waals surface area contributed by atoms with E-state index in [0.29, 0.717) is 6.61 Å². The van der Waals surface area contributed by atoms with E-state index >= 15 is 0 Å². The monoisotopic (exact) mass is 296 g/mol. The number of halogens is 2. The van der Waals surface area contributed by atoms with Crippen LogP contribution in [0.3, 0.4) is 0 Å². The van der Waals surface area contributed by atoms with Crippen molar-refractivity contribution in [1.82, 2.24) is 0 Å². The van der Waals surface area contributed by atoms with E-state index in [1.54, 1.807) is 27.7 Å². The number of alkyl halides is 2. The zero-order valence-electron chi connectivity index (χ0n) is 11.8. The molecule has 1 saturated heterocycles. The summed E-state index contributed by atoms with van der Waals surface area (Å²) in [4.78, 5) is 10.5. The molecule has 0 N–H and O–H groups in total. The lowest BCUT2D eigenvalue weighted by molar-refractivity contribution is -0.182. The Kier molecular flexibility index (Phi) is 4.32. The zero-order valence-corrected chi connectivity index (χ0v) is 13.4. The van der Waals surface area contributed by atoms with E-state index in [1.807, 2.05) is 13.8 Å². The molecule has 106 valence electrons. The maximum Gasteiger partial charge on any atom is 0.313 e. The molecule has 0 amide bonds. The highest BCUT2D eigenvalue weighted by Crippen LogP contribution is 2.46. The minimum Gasteiger partial charge on any atom is -0.433 e. The lowest BCUT2D eigenvalue weighted by Gasteiger charge is -2.34. The van der Waals surface area contributed by atoms with Crippen LogP contribution in [0, 0.1) is 11.3 Å². The highest BCUT2D eigenvalue weighted by molar-refractivity contribution is 6.27. The predicted molar refractivity (Wildman–Crippen MR) is 73.0 cm³/mol. The van der Waals surface area contributed by atoms with Gasteiger partial charge in [-0.15, -0.1) is 23.2 Å². The maximum absolute atomic E-state index is 11.9. The first-order valence-corrected chi connectivity index (χ1v) is 6.83. The molecule has 0 aliphatic carbocycles. The third-order valence-corrected chi connectivity index (χ3v) is 3.92. The first-order valence-electron chi connectivity index (χ1n) is 6.07. The van der Waals surface area contributed by atoms with Gasteiger partial charge < -0.3 is 9.47 Å². The van der Waals surface area contributed by atoms with Crippen molar-refractivity contribution in [2.24, 2.45) is 11.3 Å². The molecule has 0 aromatic rings. The fourth-order valence-corrected chi connectivity index (χ4v) is 2.76. The van der Waals surface area contributed by atoms with Gasteiger partial charge in [0.2, 0.25) is 6.29 Å². The Morgan fingerprint density at radius 2 is 1.83 bits per heavy atom. The van der Waals surface area contributed by atoms with E-state index in [4.69, 9.17) is 32.7 Å². The Bertz CT molecular complexity index is 326. The molecule has 0 aromatic carbocycles. The molecular formula is C13H22Cl2O3. The quantitative estimate of drug-likeness (QED) is 0.577. The van der Waals surface area contributed by atoms with Crippen LogP contribution >= 0.6 is 23.2 Å². The summed E-state index contributed by atoms with van der Waals surface area (Å²) < 4.78 is 10.9. The molecule has 1 rings (SSSR count). The SMILES string of the molecule is CC(C)(C)C(=O)OC1OCC(C(C)(C)Cl)C1(C)Cl. The van der Waals surface area contributed by atoms with Gasteiger partial charge in [-0.3, -0.25) is 4.79 Å². The molecule has 0 bridgehead atoms. The van der Waals surface area contributed by atoms with Gasteiger partial charge in [-0.1, -0.05) is 0 Å². The Balaban J connectivity index is 2.80. The smallest absolute Gasteiger partial charge is 0.313 e. The number of ether oxygens (including phenoxy) is 2. The Hall–Kier alpha value is 0.01000. The number of carbonyl (C=O) groups is 1. The molecule has 0 saturated carbocycles. The number of hydrogen-bond donors (Lipinski definition) is 0. The van der Waals surface area contributed by atoms with Crippen molar-refractivity contribution in [1.29, 1.82) is 0 Å². The van der Waals surface area contributed by atoms with Crippen molar-refractivity contribution in [2.75, 3.05) is 6.61 Å².